The highest BCUT2D eigenvalue weighted by Crippen LogP contribution is 2.43. The second kappa shape index (κ2) is 4.00. The summed E-state index contributed by atoms with van der Waals surface area (Å²) in [6.45, 7) is 9.37. The summed E-state index contributed by atoms with van der Waals surface area (Å²) in [5, 5.41) is 0. The molecule has 0 aromatic rings. The van der Waals surface area contributed by atoms with Gasteiger partial charge in [0.25, 0.3) is 0 Å². The SMILES string of the molecule is CCC1(C)CC(N)CC(C(C)C)C1. The molecule has 0 aliphatic heterocycles. The topological polar surface area (TPSA) is 26.0 Å². The summed E-state index contributed by atoms with van der Waals surface area (Å²) in [5.74, 6) is 1.66. The number of hydrogen-bond acceptors (Lipinski definition) is 1. The molecule has 1 saturated carbocycles. The van der Waals surface area contributed by atoms with E-state index < -0.39 is 0 Å². The normalized spacial score (nSPS) is 41.1. The molecule has 0 saturated heterocycles. The second-order valence-electron chi connectivity index (χ2n) is 5.57. The molecule has 1 fully saturated rings. The predicted octanol–water partition coefficient (Wildman–Crippen LogP) is 3.19. The van der Waals surface area contributed by atoms with E-state index >= 15 is 0 Å². The first kappa shape index (κ1) is 11.0. The molecule has 78 valence electrons. The quantitative estimate of drug-likeness (QED) is 0.699. The van der Waals surface area contributed by atoms with Gasteiger partial charge in [-0.15, -0.1) is 0 Å². The first-order valence-electron chi connectivity index (χ1n) is 5.72. The van der Waals surface area contributed by atoms with Crippen molar-refractivity contribution in [3.63, 3.8) is 0 Å². The van der Waals surface area contributed by atoms with Gasteiger partial charge in [-0.2, -0.15) is 0 Å². The van der Waals surface area contributed by atoms with E-state index in [4.69, 9.17) is 5.73 Å². The molecule has 1 heteroatoms. The van der Waals surface area contributed by atoms with Gasteiger partial charge < -0.3 is 5.73 Å². The average molecular weight is 183 g/mol. The minimum absolute atomic E-state index is 0.450. The Hall–Kier alpha value is -0.0400. The zero-order chi connectivity index (χ0) is 10.1. The third kappa shape index (κ3) is 2.70. The molecule has 0 aromatic heterocycles. The van der Waals surface area contributed by atoms with Crippen molar-refractivity contribution in [2.75, 3.05) is 0 Å². The van der Waals surface area contributed by atoms with E-state index in [-0.39, 0.29) is 0 Å². The Morgan fingerprint density at radius 2 is 2.00 bits per heavy atom. The molecule has 0 heterocycles. The maximum Gasteiger partial charge on any atom is 0.00467 e. The molecule has 1 aliphatic rings. The molecular weight excluding hydrogens is 158 g/mol. The molecule has 1 nitrogen and oxygen atoms in total. The standard InChI is InChI=1S/C12H25N/c1-5-12(4)7-10(9(2)3)6-11(13)8-12/h9-11H,5-8,13H2,1-4H3. The molecule has 1 aliphatic carbocycles. The van der Waals surface area contributed by atoms with Crippen LogP contribution in [0.3, 0.4) is 0 Å². The van der Waals surface area contributed by atoms with Crippen LogP contribution in [0.5, 0.6) is 0 Å². The molecule has 0 amide bonds. The lowest BCUT2D eigenvalue weighted by molar-refractivity contribution is 0.109. The van der Waals surface area contributed by atoms with Gasteiger partial charge in [0.15, 0.2) is 0 Å². The van der Waals surface area contributed by atoms with E-state index in [1.54, 1.807) is 0 Å². The summed E-state index contributed by atoms with van der Waals surface area (Å²) < 4.78 is 0. The van der Waals surface area contributed by atoms with Crippen LogP contribution in [0.15, 0.2) is 0 Å². The van der Waals surface area contributed by atoms with E-state index in [1.165, 1.54) is 25.7 Å². The summed E-state index contributed by atoms with van der Waals surface area (Å²) in [6.07, 6.45) is 5.14. The minimum atomic E-state index is 0.450. The number of rotatable bonds is 2. The highest BCUT2D eigenvalue weighted by Gasteiger charge is 2.35. The molecular formula is C12H25N. The molecule has 3 unspecified atom stereocenters. The fourth-order valence-corrected chi connectivity index (χ4v) is 2.70. The highest BCUT2D eigenvalue weighted by atomic mass is 14.7. The van der Waals surface area contributed by atoms with E-state index in [2.05, 4.69) is 27.7 Å². The molecule has 2 N–H and O–H groups in total. The lowest BCUT2D eigenvalue weighted by atomic mass is 9.65. The van der Waals surface area contributed by atoms with E-state index in [9.17, 15) is 0 Å². The fourth-order valence-electron chi connectivity index (χ4n) is 2.70. The molecule has 13 heavy (non-hydrogen) atoms. The number of hydrogen-bond donors (Lipinski definition) is 1. The van der Waals surface area contributed by atoms with Crippen LogP contribution in [0.1, 0.15) is 53.4 Å². The molecule has 3 atom stereocenters. The largest absolute Gasteiger partial charge is 0.328 e. The number of nitrogens with two attached hydrogens (primary N) is 1. The maximum atomic E-state index is 6.11. The second-order valence-corrected chi connectivity index (χ2v) is 5.57. The monoisotopic (exact) mass is 183 g/mol. The Morgan fingerprint density at radius 3 is 2.46 bits per heavy atom. The molecule has 1 rings (SSSR count). The Balaban J connectivity index is 2.62. The molecule has 0 radical (unpaired) electrons. The van der Waals surface area contributed by atoms with E-state index in [1.807, 2.05) is 0 Å². The fraction of sp³-hybridized carbons (Fsp3) is 1.00. The van der Waals surface area contributed by atoms with Crippen molar-refractivity contribution in [1.29, 1.82) is 0 Å². The van der Waals surface area contributed by atoms with Crippen molar-refractivity contribution in [2.24, 2.45) is 23.0 Å². The van der Waals surface area contributed by atoms with Crippen LogP contribution >= 0.6 is 0 Å². The lowest BCUT2D eigenvalue weighted by Gasteiger charge is -2.42. The van der Waals surface area contributed by atoms with Crippen LogP contribution in [-0.2, 0) is 0 Å². The molecule has 0 bridgehead atoms. The minimum Gasteiger partial charge on any atom is -0.328 e. The van der Waals surface area contributed by atoms with Crippen molar-refractivity contribution in [1.82, 2.24) is 0 Å². The highest BCUT2D eigenvalue weighted by molar-refractivity contribution is 4.89. The van der Waals surface area contributed by atoms with Crippen LogP contribution in [0.25, 0.3) is 0 Å². The Bertz CT molecular complexity index is 165. The van der Waals surface area contributed by atoms with Gasteiger partial charge in [-0.05, 0) is 36.5 Å². The maximum absolute atomic E-state index is 6.11. The van der Waals surface area contributed by atoms with Gasteiger partial charge in [0.05, 0.1) is 0 Å². The van der Waals surface area contributed by atoms with Crippen LogP contribution in [-0.4, -0.2) is 6.04 Å². The molecule has 0 aromatic carbocycles. The third-order valence-electron chi connectivity index (χ3n) is 3.91. The zero-order valence-corrected chi connectivity index (χ0v) is 9.64. The van der Waals surface area contributed by atoms with E-state index in [0.29, 0.717) is 11.5 Å². The Kier molecular flexibility index (Phi) is 3.39. The molecule has 0 spiro atoms. The lowest BCUT2D eigenvalue weighted by Crippen LogP contribution is -2.39. The first-order valence-corrected chi connectivity index (χ1v) is 5.72. The average Bonchev–Trinajstić information content (AvgIpc) is 2.03. The summed E-state index contributed by atoms with van der Waals surface area (Å²) in [6, 6.07) is 0.450. The van der Waals surface area contributed by atoms with Crippen LogP contribution < -0.4 is 5.73 Å². The van der Waals surface area contributed by atoms with Gasteiger partial charge in [-0.1, -0.05) is 34.1 Å². The van der Waals surface area contributed by atoms with Gasteiger partial charge in [-0.25, -0.2) is 0 Å². The van der Waals surface area contributed by atoms with E-state index in [0.717, 1.165) is 11.8 Å². The summed E-state index contributed by atoms with van der Waals surface area (Å²) in [5.41, 5.74) is 6.63. The van der Waals surface area contributed by atoms with Crippen molar-refractivity contribution in [3.8, 4) is 0 Å². The van der Waals surface area contributed by atoms with Gasteiger partial charge in [0.1, 0.15) is 0 Å². The van der Waals surface area contributed by atoms with Crippen LogP contribution in [0.4, 0.5) is 0 Å². The van der Waals surface area contributed by atoms with Crippen molar-refractivity contribution >= 4 is 0 Å². The predicted molar refractivity (Wildman–Crippen MR) is 58.6 cm³/mol. The summed E-state index contributed by atoms with van der Waals surface area (Å²) in [4.78, 5) is 0. The van der Waals surface area contributed by atoms with Gasteiger partial charge in [0, 0.05) is 6.04 Å². The van der Waals surface area contributed by atoms with Crippen LogP contribution in [0.2, 0.25) is 0 Å². The smallest absolute Gasteiger partial charge is 0.00467 e. The van der Waals surface area contributed by atoms with Crippen molar-refractivity contribution in [3.05, 3.63) is 0 Å². The third-order valence-corrected chi connectivity index (χ3v) is 3.91. The van der Waals surface area contributed by atoms with Crippen LogP contribution in [0, 0.1) is 17.3 Å². The van der Waals surface area contributed by atoms with Gasteiger partial charge in [-0.3, -0.25) is 0 Å². The summed E-state index contributed by atoms with van der Waals surface area (Å²) in [7, 11) is 0. The van der Waals surface area contributed by atoms with Crippen molar-refractivity contribution < 1.29 is 0 Å². The first-order chi connectivity index (χ1) is 5.97. The summed E-state index contributed by atoms with van der Waals surface area (Å²) >= 11 is 0. The van der Waals surface area contributed by atoms with Gasteiger partial charge >= 0.3 is 0 Å². The Labute approximate surface area is 83.1 Å². The van der Waals surface area contributed by atoms with Crippen molar-refractivity contribution in [2.45, 2.75) is 59.4 Å². The van der Waals surface area contributed by atoms with Gasteiger partial charge in [0.2, 0.25) is 0 Å². The Morgan fingerprint density at radius 1 is 1.38 bits per heavy atom. The zero-order valence-electron chi connectivity index (χ0n) is 9.64.